The van der Waals surface area contributed by atoms with Crippen LogP contribution in [0.25, 0.3) is 0 Å². The summed E-state index contributed by atoms with van der Waals surface area (Å²) in [5.74, 6) is -0.140. The first kappa shape index (κ1) is 21.5. The molecule has 144 valence electrons. The lowest BCUT2D eigenvalue weighted by Gasteiger charge is -2.34. The Morgan fingerprint density at radius 3 is 2.16 bits per heavy atom. The molecule has 1 aromatic heterocycles. The number of carbonyl (C=O) groups excluding carboxylic acids is 1. The van der Waals surface area contributed by atoms with Crippen LogP contribution in [0.3, 0.4) is 0 Å². The lowest BCUT2D eigenvalue weighted by atomic mass is 10.0. The summed E-state index contributed by atoms with van der Waals surface area (Å²) < 4.78 is 62.7. The molecule has 0 bridgehead atoms. The first-order chi connectivity index (χ1) is 11.6. The lowest BCUT2D eigenvalue weighted by Crippen LogP contribution is -2.41. The number of halogens is 3. The van der Waals surface area contributed by atoms with Gasteiger partial charge in [0.05, 0.1) is 0 Å². The van der Waals surface area contributed by atoms with Crippen molar-refractivity contribution in [1.29, 1.82) is 0 Å². The van der Waals surface area contributed by atoms with Gasteiger partial charge in [0, 0.05) is 31.2 Å². The van der Waals surface area contributed by atoms with E-state index in [2.05, 4.69) is 0 Å². The van der Waals surface area contributed by atoms with Crippen molar-refractivity contribution in [1.82, 2.24) is 9.47 Å². The minimum Gasteiger partial charge on any atom is -0.342 e. The highest BCUT2D eigenvalue weighted by molar-refractivity contribution is 7.92. The van der Waals surface area contributed by atoms with E-state index in [1.807, 2.05) is 13.8 Å². The van der Waals surface area contributed by atoms with Crippen LogP contribution < -0.4 is 0 Å². The van der Waals surface area contributed by atoms with Crippen molar-refractivity contribution in [2.45, 2.75) is 57.1 Å². The Morgan fingerprint density at radius 1 is 1.20 bits per heavy atom. The third-order valence-electron chi connectivity index (χ3n) is 3.98. The van der Waals surface area contributed by atoms with E-state index >= 15 is 0 Å². The Hall–Kier alpha value is -1.51. The van der Waals surface area contributed by atoms with Crippen molar-refractivity contribution >= 4 is 15.7 Å². The van der Waals surface area contributed by atoms with Gasteiger partial charge in [-0.3, -0.25) is 4.79 Å². The Bertz CT molecular complexity index is 673. The van der Waals surface area contributed by atoms with Crippen LogP contribution >= 0.6 is 0 Å². The van der Waals surface area contributed by atoms with Gasteiger partial charge < -0.3 is 9.47 Å². The molecule has 0 aromatic carbocycles. The molecule has 9 heteroatoms. The number of sulfone groups is 1. The maximum atomic E-state index is 12.7. The van der Waals surface area contributed by atoms with Crippen LogP contribution in [0.15, 0.2) is 23.4 Å². The quantitative estimate of drug-likeness (QED) is 0.802. The van der Waals surface area contributed by atoms with Gasteiger partial charge in [-0.05, 0) is 25.0 Å². The van der Waals surface area contributed by atoms with Crippen LogP contribution in [-0.2, 0) is 14.6 Å². The normalized spacial score (nSPS) is 16.6. The minimum absolute atomic E-state index is 0.000840. The summed E-state index contributed by atoms with van der Waals surface area (Å²) in [5, 5.41) is -0.737. The van der Waals surface area contributed by atoms with Crippen LogP contribution in [0.5, 0.6) is 0 Å². The second kappa shape index (κ2) is 8.25. The number of amides is 1. The number of rotatable bonds is 3. The van der Waals surface area contributed by atoms with Crippen molar-refractivity contribution in [3.63, 3.8) is 0 Å². The molecule has 5 nitrogen and oxygen atoms in total. The van der Waals surface area contributed by atoms with Crippen LogP contribution in [-0.4, -0.2) is 42.4 Å². The van der Waals surface area contributed by atoms with Crippen molar-refractivity contribution in [2.75, 3.05) is 13.1 Å². The van der Waals surface area contributed by atoms with Gasteiger partial charge in [0.1, 0.15) is 5.03 Å². The van der Waals surface area contributed by atoms with Gasteiger partial charge in [0.15, 0.2) is 0 Å². The predicted molar refractivity (Wildman–Crippen MR) is 88.7 cm³/mol. The number of carbonyl (C=O) groups is 1. The van der Waals surface area contributed by atoms with Crippen LogP contribution in [0, 0.1) is 5.92 Å². The van der Waals surface area contributed by atoms with Crippen LogP contribution in [0.4, 0.5) is 13.2 Å². The molecular weight excluding hydrogens is 357 g/mol. The molecule has 1 aliphatic heterocycles. The lowest BCUT2D eigenvalue weighted by molar-refractivity contribution is -0.135. The maximum Gasteiger partial charge on any atom is 0.503 e. The molecule has 2 heterocycles. The Labute approximate surface area is 146 Å². The summed E-state index contributed by atoms with van der Waals surface area (Å²) in [6.07, 6.45) is 2.20. The van der Waals surface area contributed by atoms with E-state index in [0.717, 1.165) is 6.07 Å². The van der Waals surface area contributed by atoms with Crippen molar-refractivity contribution in [3.8, 4) is 0 Å². The molecule has 1 saturated heterocycles. The molecule has 0 aliphatic carbocycles. The molecular formula is C16H25F3N2O3S. The molecule has 0 saturated carbocycles. The van der Waals surface area contributed by atoms with Gasteiger partial charge in [0.2, 0.25) is 5.91 Å². The fourth-order valence-electron chi connectivity index (χ4n) is 2.76. The van der Waals surface area contributed by atoms with E-state index in [1.165, 1.54) is 16.8 Å². The molecule has 25 heavy (non-hydrogen) atoms. The highest BCUT2D eigenvalue weighted by Crippen LogP contribution is 2.34. The van der Waals surface area contributed by atoms with E-state index in [1.54, 1.807) is 18.7 Å². The van der Waals surface area contributed by atoms with Gasteiger partial charge in [-0.2, -0.15) is 13.2 Å². The third kappa shape index (κ3) is 4.56. The van der Waals surface area contributed by atoms with E-state index in [0.29, 0.717) is 25.9 Å². The first-order valence-corrected chi connectivity index (χ1v) is 9.81. The van der Waals surface area contributed by atoms with Crippen LogP contribution in [0.2, 0.25) is 0 Å². The molecule has 1 fully saturated rings. The Kier molecular flexibility index (Phi) is 7.10. The second-order valence-electron chi connectivity index (χ2n) is 5.91. The van der Waals surface area contributed by atoms with Crippen molar-refractivity contribution < 1.29 is 26.4 Å². The highest BCUT2D eigenvalue weighted by atomic mass is 32.2. The summed E-state index contributed by atoms with van der Waals surface area (Å²) in [4.78, 5) is 13.6. The molecule has 0 atom stereocenters. The number of alkyl halides is 3. The number of piperidine rings is 1. The average Bonchev–Trinajstić information content (AvgIpc) is 3.05. The standard InChI is InChI=1S/C14H19F3N2O3S.C2H6/c1-10(2)13(20)18-8-5-11(6-9-18)19-7-3-4-12(19)23(21,22)14(15,16)17;1-2/h3-4,7,10-11H,5-6,8-9H2,1-2H3;1-2H3. The molecule has 1 amide bonds. The number of hydrogen-bond donors (Lipinski definition) is 0. The highest BCUT2D eigenvalue weighted by Gasteiger charge is 2.48. The van der Waals surface area contributed by atoms with Gasteiger partial charge in [-0.25, -0.2) is 8.42 Å². The van der Waals surface area contributed by atoms with Gasteiger partial charge >= 0.3 is 5.51 Å². The van der Waals surface area contributed by atoms with E-state index in [4.69, 9.17) is 0 Å². The maximum absolute atomic E-state index is 12.7. The zero-order chi connectivity index (χ0) is 19.4. The summed E-state index contributed by atoms with van der Waals surface area (Å²) >= 11 is 0. The van der Waals surface area contributed by atoms with Gasteiger partial charge in [-0.15, -0.1) is 0 Å². The fourth-order valence-corrected chi connectivity index (χ4v) is 3.74. The molecule has 1 aromatic rings. The van der Waals surface area contributed by atoms with Gasteiger partial charge in [0.25, 0.3) is 9.84 Å². The second-order valence-corrected chi connectivity index (χ2v) is 7.80. The van der Waals surface area contributed by atoms with Crippen molar-refractivity contribution in [2.24, 2.45) is 5.92 Å². The zero-order valence-corrected chi connectivity index (χ0v) is 15.7. The monoisotopic (exact) mass is 382 g/mol. The molecule has 1 aliphatic rings. The molecule has 0 unspecified atom stereocenters. The smallest absolute Gasteiger partial charge is 0.342 e. The third-order valence-corrected chi connectivity index (χ3v) is 5.49. The largest absolute Gasteiger partial charge is 0.503 e. The number of likely N-dealkylation sites (tertiary alicyclic amines) is 1. The minimum atomic E-state index is -5.37. The SMILES string of the molecule is CC.CC(C)C(=O)N1CCC(n2cccc2S(=O)(=O)C(F)(F)F)CC1. The molecule has 0 N–H and O–H groups in total. The number of nitrogens with zero attached hydrogens (tertiary/aromatic N) is 2. The topological polar surface area (TPSA) is 59.4 Å². The fraction of sp³-hybridized carbons (Fsp3) is 0.688. The summed E-state index contributed by atoms with van der Waals surface area (Å²) in [6.45, 7) is 8.39. The van der Waals surface area contributed by atoms with Crippen molar-refractivity contribution in [3.05, 3.63) is 18.3 Å². The Morgan fingerprint density at radius 2 is 1.72 bits per heavy atom. The average molecular weight is 382 g/mol. The summed E-state index contributed by atoms with van der Waals surface area (Å²) in [6, 6.07) is 1.90. The zero-order valence-electron chi connectivity index (χ0n) is 14.9. The Balaban J connectivity index is 0.00000151. The van der Waals surface area contributed by atoms with Crippen LogP contribution in [0.1, 0.15) is 46.6 Å². The van der Waals surface area contributed by atoms with E-state index in [9.17, 15) is 26.4 Å². The number of aromatic nitrogens is 1. The van der Waals surface area contributed by atoms with E-state index < -0.39 is 20.4 Å². The van der Waals surface area contributed by atoms with Gasteiger partial charge in [-0.1, -0.05) is 27.7 Å². The summed E-state index contributed by atoms with van der Waals surface area (Å²) in [7, 11) is -5.37. The molecule has 0 spiro atoms. The molecule has 2 rings (SSSR count). The summed E-state index contributed by atoms with van der Waals surface area (Å²) in [5.41, 5.74) is -5.32. The predicted octanol–water partition coefficient (Wildman–Crippen LogP) is 3.63. The van der Waals surface area contributed by atoms with E-state index in [-0.39, 0.29) is 17.9 Å². The first-order valence-electron chi connectivity index (χ1n) is 8.32. The number of hydrogen-bond acceptors (Lipinski definition) is 3. The molecule has 0 radical (unpaired) electrons.